The van der Waals surface area contributed by atoms with Crippen molar-refractivity contribution in [2.75, 3.05) is 5.73 Å². The van der Waals surface area contributed by atoms with Gasteiger partial charge in [-0.25, -0.2) is 4.98 Å². The molecule has 0 saturated carbocycles. The van der Waals surface area contributed by atoms with E-state index in [0.29, 0.717) is 12.4 Å². The molecule has 0 radical (unpaired) electrons. The van der Waals surface area contributed by atoms with E-state index in [1.807, 2.05) is 13.0 Å². The Morgan fingerprint density at radius 3 is 2.94 bits per heavy atom. The molecule has 1 aromatic heterocycles. The topological polar surface area (TPSA) is 54.7 Å². The van der Waals surface area contributed by atoms with E-state index in [0.717, 1.165) is 25.0 Å². The second-order valence-corrected chi connectivity index (χ2v) is 4.44. The molecule has 1 unspecified atom stereocenters. The van der Waals surface area contributed by atoms with Crippen LogP contribution >= 0.6 is 0 Å². The van der Waals surface area contributed by atoms with Crippen molar-refractivity contribution in [1.29, 1.82) is 0 Å². The number of hydrogen-bond acceptors (Lipinski definition) is 2. The van der Waals surface area contributed by atoms with E-state index in [4.69, 9.17) is 12.2 Å². The largest absolute Gasteiger partial charge is 0.369 e. The zero-order valence-electron chi connectivity index (χ0n) is 10.9. The van der Waals surface area contributed by atoms with Crippen LogP contribution in [0.25, 0.3) is 0 Å². The molecule has 0 spiro atoms. The van der Waals surface area contributed by atoms with Crippen molar-refractivity contribution in [3.63, 3.8) is 0 Å². The molecule has 96 valence electrons. The Morgan fingerprint density at radius 1 is 1.67 bits per heavy atom. The van der Waals surface area contributed by atoms with Crippen LogP contribution in [0, 0.1) is 12.3 Å². The number of terminal acetylenes is 1. The summed E-state index contributed by atoms with van der Waals surface area (Å²) in [6.07, 6.45) is 16.8. The molecule has 3 N–H and O–H groups in total. The van der Waals surface area contributed by atoms with Gasteiger partial charge in [-0.1, -0.05) is 18.2 Å². The van der Waals surface area contributed by atoms with Crippen molar-refractivity contribution in [2.45, 2.75) is 38.0 Å². The lowest BCUT2D eigenvalue weighted by atomic mass is 9.75. The fourth-order valence-electron chi connectivity index (χ4n) is 2.21. The summed E-state index contributed by atoms with van der Waals surface area (Å²) in [5.41, 5.74) is 6.53. The van der Waals surface area contributed by atoms with E-state index in [1.54, 1.807) is 6.20 Å². The zero-order valence-corrected chi connectivity index (χ0v) is 10.9. The second kappa shape index (κ2) is 6.70. The van der Waals surface area contributed by atoms with Crippen LogP contribution in [0.4, 0.5) is 5.95 Å². The molecule has 0 amide bonds. The van der Waals surface area contributed by atoms with Crippen LogP contribution in [0.3, 0.4) is 0 Å². The van der Waals surface area contributed by atoms with Gasteiger partial charge < -0.3 is 10.7 Å². The number of nitrogens with two attached hydrogens (primary N) is 1. The lowest BCUT2D eigenvalue weighted by Crippen LogP contribution is -2.25. The summed E-state index contributed by atoms with van der Waals surface area (Å²) in [4.78, 5) is 7.19. The van der Waals surface area contributed by atoms with Gasteiger partial charge in [0.2, 0.25) is 0 Å². The molecule has 18 heavy (non-hydrogen) atoms. The normalized spacial score (nSPS) is 14.2. The Balaban J connectivity index is 3.03. The standard InChI is InChI=1S/C15H21N3/c1-4-7-8-11-15(9-5-2,10-6-3)13-12-17-14(16)18-13/h2,4,6-7,12H,3,8-11H2,1H3,(H3,16,17,18). The Bertz CT molecular complexity index is 451. The van der Waals surface area contributed by atoms with E-state index in [1.165, 1.54) is 0 Å². The smallest absolute Gasteiger partial charge is 0.197 e. The van der Waals surface area contributed by atoms with Gasteiger partial charge in [0.05, 0.1) is 6.20 Å². The average molecular weight is 243 g/mol. The number of imidazole rings is 1. The van der Waals surface area contributed by atoms with Crippen molar-refractivity contribution >= 4 is 5.95 Å². The lowest BCUT2D eigenvalue weighted by Gasteiger charge is -2.29. The van der Waals surface area contributed by atoms with Crippen molar-refractivity contribution in [3.8, 4) is 12.3 Å². The number of anilines is 1. The summed E-state index contributed by atoms with van der Waals surface area (Å²) >= 11 is 0. The summed E-state index contributed by atoms with van der Waals surface area (Å²) in [5.74, 6) is 3.20. The minimum absolute atomic E-state index is 0.138. The maximum atomic E-state index is 5.66. The highest BCUT2D eigenvalue weighted by molar-refractivity contribution is 5.27. The van der Waals surface area contributed by atoms with E-state index < -0.39 is 0 Å². The van der Waals surface area contributed by atoms with Crippen molar-refractivity contribution in [2.24, 2.45) is 0 Å². The van der Waals surface area contributed by atoms with Gasteiger partial charge >= 0.3 is 0 Å². The number of nitrogen functional groups attached to an aromatic ring is 1. The zero-order chi connectivity index (χ0) is 13.4. The molecule has 0 aliphatic heterocycles. The number of aromatic amines is 1. The summed E-state index contributed by atoms with van der Waals surface area (Å²) in [7, 11) is 0. The van der Waals surface area contributed by atoms with Gasteiger partial charge in [-0.15, -0.1) is 18.9 Å². The monoisotopic (exact) mass is 243 g/mol. The van der Waals surface area contributed by atoms with Crippen LogP contribution in [-0.2, 0) is 5.41 Å². The third-order valence-corrected chi connectivity index (χ3v) is 3.17. The summed E-state index contributed by atoms with van der Waals surface area (Å²) in [6, 6.07) is 0. The highest BCUT2D eigenvalue weighted by Crippen LogP contribution is 2.36. The van der Waals surface area contributed by atoms with Gasteiger partial charge in [-0.2, -0.15) is 0 Å². The van der Waals surface area contributed by atoms with Crippen LogP contribution in [0.15, 0.2) is 31.0 Å². The van der Waals surface area contributed by atoms with Gasteiger partial charge in [0.15, 0.2) is 5.95 Å². The second-order valence-electron chi connectivity index (χ2n) is 4.44. The molecule has 0 aliphatic carbocycles. The van der Waals surface area contributed by atoms with Gasteiger partial charge in [-0.3, -0.25) is 0 Å². The Kier molecular flexibility index (Phi) is 5.26. The van der Waals surface area contributed by atoms with Crippen LogP contribution < -0.4 is 5.73 Å². The maximum absolute atomic E-state index is 5.66. The Morgan fingerprint density at radius 2 is 2.44 bits per heavy atom. The highest BCUT2D eigenvalue weighted by Gasteiger charge is 2.31. The summed E-state index contributed by atoms with van der Waals surface area (Å²) in [6.45, 7) is 5.85. The molecular formula is C15H21N3. The van der Waals surface area contributed by atoms with Crippen molar-refractivity contribution in [3.05, 3.63) is 36.7 Å². The summed E-state index contributed by atoms with van der Waals surface area (Å²) < 4.78 is 0. The maximum Gasteiger partial charge on any atom is 0.197 e. The van der Waals surface area contributed by atoms with Gasteiger partial charge in [-0.05, 0) is 26.2 Å². The van der Waals surface area contributed by atoms with Crippen molar-refractivity contribution in [1.82, 2.24) is 9.97 Å². The van der Waals surface area contributed by atoms with Gasteiger partial charge in [0, 0.05) is 17.5 Å². The number of H-pyrrole nitrogens is 1. The minimum atomic E-state index is -0.138. The van der Waals surface area contributed by atoms with Gasteiger partial charge in [0.25, 0.3) is 0 Å². The van der Waals surface area contributed by atoms with E-state index in [9.17, 15) is 0 Å². The molecule has 0 aliphatic rings. The van der Waals surface area contributed by atoms with Crippen LogP contribution in [0.2, 0.25) is 0 Å². The third kappa shape index (κ3) is 3.27. The van der Waals surface area contributed by atoms with Crippen LogP contribution in [-0.4, -0.2) is 9.97 Å². The first kappa shape index (κ1) is 14.1. The molecule has 0 aromatic carbocycles. The van der Waals surface area contributed by atoms with E-state index in [-0.39, 0.29) is 5.41 Å². The number of nitrogens with one attached hydrogen (secondary N) is 1. The molecule has 1 atom stereocenters. The number of nitrogens with zero attached hydrogens (tertiary/aromatic N) is 1. The van der Waals surface area contributed by atoms with Crippen LogP contribution in [0.5, 0.6) is 0 Å². The SMILES string of the molecule is C#CCC(CC=C)(CCC=CC)c1cnc(N)[nH]1. The number of rotatable bonds is 7. The molecule has 1 aromatic rings. The molecule has 0 fully saturated rings. The Labute approximate surface area is 109 Å². The average Bonchev–Trinajstić information content (AvgIpc) is 2.77. The first-order chi connectivity index (χ1) is 8.68. The quantitative estimate of drug-likeness (QED) is 0.571. The first-order valence-electron chi connectivity index (χ1n) is 6.15. The minimum Gasteiger partial charge on any atom is -0.369 e. The fourth-order valence-corrected chi connectivity index (χ4v) is 2.21. The van der Waals surface area contributed by atoms with Crippen LogP contribution in [0.1, 0.15) is 38.3 Å². The number of hydrogen-bond donors (Lipinski definition) is 2. The van der Waals surface area contributed by atoms with E-state index in [2.05, 4.69) is 34.6 Å². The molecule has 0 bridgehead atoms. The molecule has 3 heteroatoms. The highest BCUT2D eigenvalue weighted by atomic mass is 15.0. The predicted octanol–water partition coefficient (Wildman–Crippen LogP) is 3.19. The molecule has 3 nitrogen and oxygen atoms in total. The predicted molar refractivity (Wildman–Crippen MR) is 77.0 cm³/mol. The molecule has 1 rings (SSSR count). The fraction of sp³-hybridized carbons (Fsp3) is 0.400. The van der Waals surface area contributed by atoms with E-state index >= 15 is 0 Å². The lowest BCUT2D eigenvalue weighted by molar-refractivity contribution is 0.400. The number of aromatic nitrogens is 2. The molecule has 0 saturated heterocycles. The van der Waals surface area contributed by atoms with Crippen molar-refractivity contribution < 1.29 is 0 Å². The number of allylic oxidation sites excluding steroid dienone is 3. The Hall–Kier alpha value is -1.95. The summed E-state index contributed by atoms with van der Waals surface area (Å²) in [5, 5.41) is 0. The van der Waals surface area contributed by atoms with Gasteiger partial charge in [0.1, 0.15) is 0 Å². The first-order valence-corrected chi connectivity index (χ1v) is 6.15. The third-order valence-electron chi connectivity index (χ3n) is 3.17. The molecule has 1 heterocycles. The molecular weight excluding hydrogens is 222 g/mol.